The molecule has 0 radical (unpaired) electrons. The van der Waals surface area contributed by atoms with Crippen LogP contribution < -0.4 is 10.0 Å². The van der Waals surface area contributed by atoms with E-state index in [-0.39, 0.29) is 18.2 Å². The average molecular weight is 298 g/mol. The first-order valence-corrected chi connectivity index (χ1v) is 7.03. The van der Waals surface area contributed by atoms with Crippen molar-refractivity contribution in [2.45, 2.75) is 18.1 Å². The van der Waals surface area contributed by atoms with Crippen LogP contribution in [0.4, 0.5) is 8.78 Å². The van der Waals surface area contributed by atoms with Crippen molar-refractivity contribution in [2.24, 2.45) is 0 Å². The van der Waals surface area contributed by atoms with Crippen LogP contribution in [-0.2, 0) is 21.3 Å². The Balaban J connectivity index is 2.28. The van der Waals surface area contributed by atoms with E-state index in [1.807, 2.05) is 0 Å². The predicted octanol–water partition coefficient (Wildman–Crippen LogP) is 0.559. The lowest BCUT2D eigenvalue weighted by atomic mass is 10.4. The lowest BCUT2D eigenvalue weighted by Crippen LogP contribution is -2.20. The summed E-state index contributed by atoms with van der Waals surface area (Å²) >= 11 is 0. The Morgan fingerprint density at radius 3 is 2.79 bits per heavy atom. The van der Waals surface area contributed by atoms with Gasteiger partial charge >= 0.3 is 0 Å². The normalized spacial score (nSPS) is 12.2. The molecule has 1 aromatic rings. The highest BCUT2D eigenvalue weighted by Crippen LogP contribution is 2.12. The molecule has 0 spiro atoms. The van der Waals surface area contributed by atoms with Crippen LogP contribution in [0.25, 0.3) is 0 Å². The number of sulfonamides is 1. The first kappa shape index (κ1) is 16.0. The molecule has 110 valence electrons. The second kappa shape index (κ2) is 7.53. The SMILES string of the molecule is CNS(=O)(=O)c1ccc(CNCCOCC(F)F)o1. The fourth-order valence-electron chi connectivity index (χ4n) is 1.23. The summed E-state index contributed by atoms with van der Waals surface area (Å²) in [5, 5.41) is 2.71. The van der Waals surface area contributed by atoms with Crippen molar-refractivity contribution in [3.05, 3.63) is 17.9 Å². The Labute approximate surface area is 110 Å². The van der Waals surface area contributed by atoms with Gasteiger partial charge in [0.15, 0.2) is 0 Å². The lowest BCUT2D eigenvalue weighted by Gasteiger charge is -2.04. The highest BCUT2D eigenvalue weighted by Gasteiger charge is 2.15. The molecule has 0 fully saturated rings. The van der Waals surface area contributed by atoms with Gasteiger partial charge in [-0.3, -0.25) is 0 Å². The van der Waals surface area contributed by atoms with Gasteiger partial charge in [-0.15, -0.1) is 0 Å². The lowest BCUT2D eigenvalue weighted by molar-refractivity contribution is 0.0186. The van der Waals surface area contributed by atoms with Crippen LogP contribution in [0.3, 0.4) is 0 Å². The van der Waals surface area contributed by atoms with E-state index in [2.05, 4.69) is 14.8 Å². The predicted molar refractivity (Wildman–Crippen MR) is 63.5 cm³/mol. The van der Waals surface area contributed by atoms with Gasteiger partial charge in [0.05, 0.1) is 13.2 Å². The fourth-order valence-corrected chi connectivity index (χ4v) is 1.89. The van der Waals surface area contributed by atoms with Crippen molar-refractivity contribution < 1.29 is 26.4 Å². The molecule has 0 atom stereocenters. The number of halogens is 2. The average Bonchev–Trinajstić information content (AvgIpc) is 2.82. The van der Waals surface area contributed by atoms with E-state index in [1.54, 1.807) is 0 Å². The summed E-state index contributed by atoms with van der Waals surface area (Å²) in [5.74, 6) is 0.433. The van der Waals surface area contributed by atoms with Gasteiger partial charge in [-0.2, -0.15) is 0 Å². The number of ether oxygens (including phenoxy) is 1. The molecule has 0 saturated heterocycles. The summed E-state index contributed by atoms with van der Waals surface area (Å²) in [5.41, 5.74) is 0. The van der Waals surface area contributed by atoms with Gasteiger partial charge in [0.1, 0.15) is 12.4 Å². The minimum Gasteiger partial charge on any atom is -0.447 e. The van der Waals surface area contributed by atoms with E-state index in [1.165, 1.54) is 19.2 Å². The number of nitrogens with one attached hydrogen (secondary N) is 2. The maximum atomic E-state index is 11.7. The summed E-state index contributed by atoms with van der Waals surface area (Å²) in [7, 11) is -2.29. The number of rotatable bonds is 9. The molecule has 0 amide bonds. The zero-order valence-corrected chi connectivity index (χ0v) is 11.2. The Morgan fingerprint density at radius 1 is 1.42 bits per heavy atom. The number of alkyl halides is 2. The Kier molecular flexibility index (Phi) is 6.35. The van der Waals surface area contributed by atoms with E-state index in [9.17, 15) is 17.2 Å². The highest BCUT2D eigenvalue weighted by atomic mass is 32.2. The molecule has 1 heterocycles. The first-order valence-electron chi connectivity index (χ1n) is 5.54. The van der Waals surface area contributed by atoms with E-state index in [4.69, 9.17) is 4.42 Å². The molecule has 0 aliphatic heterocycles. The van der Waals surface area contributed by atoms with Crippen molar-refractivity contribution in [2.75, 3.05) is 26.8 Å². The summed E-state index contributed by atoms with van der Waals surface area (Å²) in [6.45, 7) is 0.207. The van der Waals surface area contributed by atoms with E-state index in [0.717, 1.165) is 0 Å². The number of hydrogen-bond acceptors (Lipinski definition) is 5. The summed E-state index contributed by atoms with van der Waals surface area (Å²) < 4.78 is 58.1. The minimum absolute atomic E-state index is 0.146. The molecule has 0 aliphatic rings. The maximum Gasteiger partial charge on any atom is 0.273 e. The van der Waals surface area contributed by atoms with Crippen LogP contribution in [0, 0.1) is 0 Å². The Bertz CT molecular complexity index is 476. The van der Waals surface area contributed by atoms with Crippen molar-refractivity contribution in [3.8, 4) is 0 Å². The summed E-state index contributed by atoms with van der Waals surface area (Å²) in [4.78, 5) is 0. The van der Waals surface area contributed by atoms with Crippen LogP contribution in [0.2, 0.25) is 0 Å². The Hall–Kier alpha value is -1.03. The monoisotopic (exact) mass is 298 g/mol. The molecule has 0 bridgehead atoms. The molecule has 0 aliphatic carbocycles. The van der Waals surface area contributed by atoms with E-state index < -0.39 is 23.1 Å². The molecule has 1 aromatic heterocycles. The van der Waals surface area contributed by atoms with Crippen molar-refractivity contribution in [3.63, 3.8) is 0 Å². The summed E-state index contributed by atoms with van der Waals surface area (Å²) in [6, 6.07) is 2.87. The van der Waals surface area contributed by atoms with Crippen LogP contribution in [-0.4, -0.2) is 41.6 Å². The van der Waals surface area contributed by atoms with Crippen LogP contribution in [0.1, 0.15) is 5.76 Å². The molecule has 0 saturated carbocycles. The van der Waals surface area contributed by atoms with Gasteiger partial charge in [-0.25, -0.2) is 21.9 Å². The topological polar surface area (TPSA) is 80.6 Å². The van der Waals surface area contributed by atoms with Gasteiger partial charge in [-0.1, -0.05) is 0 Å². The van der Waals surface area contributed by atoms with E-state index in [0.29, 0.717) is 12.3 Å². The quantitative estimate of drug-likeness (QED) is 0.651. The fraction of sp³-hybridized carbons (Fsp3) is 0.600. The molecule has 0 aromatic carbocycles. The molecule has 2 N–H and O–H groups in total. The van der Waals surface area contributed by atoms with Crippen LogP contribution >= 0.6 is 0 Å². The van der Waals surface area contributed by atoms with Crippen molar-refractivity contribution in [1.29, 1.82) is 0 Å². The molecular weight excluding hydrogens is 282 g/mol. The third-order valence-corrected chi connectivity index (χ3v) is 3.42. The minimum atomic E-state index is -3.58. The second-order valence-corrected chi connectivity index (χ2v) is 5.39. The Morgan fingerprint density at radius 2 is 2.16 bits per heavy atom. The molecule has 9 heteroatoms. The molecule has 1 rings (SSSR count). The van der Waals surface area contributed by atoms with Gasteiger partial charge in [0.25, 0.3) is 16.4 Å². The number of hydrogen-bond donors (Lipinski definition) is 2. The van der Waals surface area contributed by atoms with Crippen molar-refractivity contribution >= 4 is 10.0 Å². The first-order chi connectivity index (χ1) is 8.95. The number of furan rings is 1. The van der Waals surface area contributed by atoms with Crippen LogP contribution in [0.15, 0.2) is 21.6 Å². The van der Waals surface area contributed by atoms with Crippen molar-refractivity contribution in [1.82, 2.24) is 10.0 Å². The third kappa shape index (κ3) is 5.64. The van der Waals surface area contributed by atoms with Gasteiger partial charge < -0.3 is 14.5 Å². The third-order valence-electron chi connectivity index (χ3n) is 2.14. The smallest absolute Gasteiger partial charge is 0.273 e. The molecule has 6 nitrogen and oxygen atoms in total. The van der Waals surface area contributed by atoms with Gasteiger partial charge in [0.2, 0.25) is 5.09 Å². The zero-order valence-electron chi connectivity index (χ0n) is 10.4. The molecule has 19 heavy (non-hydrogen) atoms. The van der Waals surface area contributed by atoms with Crippen LogP contribution in [0.5, 0.6) is 0 Å². The van der Waals surface area contributed by atoms with E-state index >= 15 is 0 Å². The highest BCUT2D eigenvalue weighted by molar-refractivity contribution is 7.89. The largest absolute Gasteiger partial charge is 0.447 e. The zero-order chi connectivity index (χ0) is 14.3. The van der Waals surface area contributed by atoms with Gasteiger partial charge in [-0.05, 0) is 19.2 Å². The molecule has 0 unspecified atom stereocenters. The second-order valence-electron chi connectivity index (χ2n) is 3.57. The summed E-state index contributed by atoms with van der Waals surface area (Å²) in [6.07, 6.45) is -2.47. The molecular formula is C10H16F2N2O4S. The standard InChI is InChI=1S/C10H16F2N2O4S/c1-13-19(15,16)10-3-2-8(18-10)6-14-4-5-17-7-9(11)12/h2-3,9,13-14H,4-7H2,1H3. The maximum absolute atomic E-state index is 11.7. The van der Waals surface area contributed by atoms with Gasteiger partial charge in [0, 0.05) is 6.54 Å².